The second-order valence-corrected chi connectivity index (χ2v) is 6.43. The molecule has 3 heterocycles. The molecular formula is C14H12ClN5O2S. The van der Waals surface area contributed by atoms with Gasteiger partial charge in [-0.3, -0.25) is 4.79 Å². The fraction of sp³-hybridized carbons (Fsp3) is 0.286. The van der Waals surface area contributed by atoms with Gasteiger partial charge in [0.2, 0.25) is 10.8 Å². The number of halogens is 1. The maximum absolute atomic E-state index is 12.6. The van der Waals surface area contributed by atoms with E-state index in [1.165, 1.54) is 15.9 Å². The van der Waals surface area contributed by atoms with E-state index >= 15 is 0 Å². The van der Waals surface area contributed by atoms with Gasteiger partial charge in [0.1, 0.15) is 5.01 Å². The fourth-order valence-electron chi connectivity index (χ4n) is 2.37. The summed E-state index contributed by atoms with van der Waals surface area (Å²) in [6.07, 6.45) is 0. The lowest BCUT2D eigenvalue weighted by Crippen LogP contribution is -2.41. The van der Waals surface area contributed by atoms with Gasteiger partial charge in [0.15, 0.2) is 0 Å². The zero-order chi connectivity index (χ0) is 15.8. The highest BCUT2D eigenvalue weighted by atomic mass is 35.5. The second kappa shape index (κ2) is 5.88. The number of hydrogen-bond acceptors (Lipinski definition) is 6. The molecule has 0 radical (unpaired) electrons. The lowest BCUT2D eigenvalue weighted by Gasteiger charge is -2.25. The molecule has 0 saturated carbocycles. The molecule has 3 aromatic rings. The predicted molar refractivity (Wildman–Crippen MR) is 85.8 cm³/mol. The molecule has 1 aliphatic rings. The number of rotatable bonds is 2. The number of aromatic nitrogens is 4. The van der Waals surface area contributed by atoms with Crippen molar-refractivity contribution < 1.29 is 9.53 Å². The third-order valence-corrected chi connectivity index (χ3v) is 4.77. The highest BCUT2D eigenvalue weighted by molar-refractivity contribution is 7.19. The van der Waals surface area contributed by atoms with Gasteiger partial charge in [0, 0.05) is 23.7 Å². The Morgan fingerprint density at radius 1 is 1.17 bits per heavy atom. The number of ether oxygens (including phenoxy) is 1. The molecule has 0 N–H and O–H groups in total. The Hall–Kier alpha value is -2.03. The van der Waals surface area contributed by atoms with Gasteiger partial charge in [0.25, 0.3) is 5.91 Å². The summed E-state index contributed by atoms with van der Waals surface area (Å²) in [6, 6.07) is 7.38. The normalized spacial score (nSPS) is 15.3. The van der Waals surface area contributed by atoms with Gasteiger partial charge in [-0.1, -0.05) is 35.1 Å². The summed E-state index contributed by atoms with van der Waals surface area (Å²) in [6.45, 7) is 2.20. The molecule has 7 nitrogen and oxygen atoms in total. The van der Waals surface area contributed by atoms with Crippen molar-refractivity contribution in [3.63, 3.8) is 0 Å². The van der Waals surface area contributed by atoms with Crippen LogP contribution in [0, 0.1) is 0 Å². The SMILES string of the molecule is O=C(c1nnc2sc(-c3ccc(Cl)cc3)nn12)N1CCOCC1. The molecule has 0 aliphatic carbocycles. The van der Waals surface area contributed by atoms with Crippen molar-refractivity contribution in [1.29, 1.82) is 0 Å². The van der Waals surface area contributed by atoms with E-state index in [1.807, 2.05) is 12.1 Å². The molecule has 2 aromatic heterocycles. The van der Waals surface area contributed by atoms with Crippen molar-refractivity contribution in [3.05, 3.63) is 35.1 Å². The van der Waals surface area contributed by atoms with Gasteiger partial charge in [-0.15, -0.1) is 10.2 Å². The molecule has 0 unspecified atom stereocenters. The number of carbonyl (C=O) groups excluding carboxylic acids is 1. The monoisotopic (exact) mass is 349 g/mol. The first-order valence-electron chi connectivity index (χ1n) is 7.07. The maximum Gasteiger partial charge on any atom is 0.293 e. The molecule has 0 bridgehead atoms. The van der Waals surface area contributed by atoms with E-state index in [2.05, 4.69) is 15.3 Å². The number of nitrogens with zero attached hydrogens (tertiary/aromatic N) is 5. The molecule has 4 rings (SSSR count). The highest BCUT2D eigenvalue weighted by Gasteiger charge is 2.25. The first-order valence-corrected chi connectivity index (χ1v) is 8.27. The van der Waals surface area contributed by atoms with E-state index < -0.39 is 0 Å². The Kier molecular flexibility index (Phi) is 3.72. The minimum absolute atomic E-state index is 0.172. The van der Waals surface area contributed by atoms with Crippen LogP contribution in [0.1, 0.15) is 10.6 Å². The van der Waals surface area contributed by atoms with E-state index in [4.69, 9.17) is 16.3 Å². The molecule has 118 valence electrons. The zero-order valence-electron chi connectivity index (χ0n) is 12.0. The summed E-state index contributed by atoms with van der Waals surface area (Å²) in [5.41, 5.74) is 0.926. The molecule has 1 saturated heterocycles. The van der Waals surface area contributed by atoms with Crippen LogP contribution in [0.2, 0.25) is 5.02 Å². The summed E-state index contributed by atoms with van der Waals surface area (Å²) in [5.74, 6) is 0.0621. The molecule has 23 heavy (non-hydrogen) atoms. The van der Waals surface area contributed by atoms with Gasteiger partial charge in [-0.2, -0.15) is 9.61 Å². The molecule has 1 aliphatic heterocycles. The van der Waals surface area contributed by atoms with Crippen molar-refractivity contribution in [2.24, 2.45) is 0 Å². The Bertz CT molecular complexity index is 854. The fourth-order valence-corrected chi connectivity index (χ4v) is 3.34. The van der Waals surface area contributed by atoms with Gasteiger partial charge >= 0.3 is 0 Å². The number of morpholine rings is 1. The number of amides is 1. The Labute approximate surface area is 140 Å². The minimum Gasteiger partial charge on any atom is -0.378 e. The molecule has 1 fully saturated rings. The van der Waals surface area contributed by atoms with Gasteiger partial charge in [-0.25, -0.2) is 0 Å². The highest BCUT2D eigenvalue weighted by Crippen LogP contribution is 2.26. The smallest absolute Gasteiger partial charge is 0.293 e. The number of benzene rings is 1. The number of fused-ring (bicyclic) bond motifs is 1. The second-order valence-electron chi connectivity index (χ2n) is 5.04. The van der Waals surface area contributed by atoms with Crippen LogP contribution in [0.3, 0.4) is 0 Å². The van der Waals surface area contributed by atoms with Crippen molar-refractivity contribution >= 4 is 33.8 Å². The first kappa shape index (κ1) is 14.6. The van der Waals surface area contributed by atoms with Crippen LogP contribution in [-0.4, -0.2) is 56.9 Å². The third-order valence-electron chi connectivity index (χ3n) is 3.57. The van der Waals surface area contributed by atoms with Gasteiger partial charge < -0.3 is 9.64 Å². The predicted octanol–water partition coefficient (Wildman–Crippen LogP) is 1.98. The Balaban J connectivity index is 1.69. The van der Waals surface area contributed by atoms with Gasteiger partial charge in [0.05, 0.1) is 13.2 Å². The standard InChI is InChI=1S/C14H12ClN5O2S/c15-10-3-1-9(2-4-10)12-18-20-11(16-17-14(20)23-12)13(21)19-5-7-22-8-6-19/h1-4H,5-8H2. The summed E-state index contributed by atoms with van der Waals surface area (Å²) in [5, 5.41) is 14.0. The molecule has 1 aromatic carbocycles. The van der Waals surface area contributed by atoms with Crippen LogP contribution in [0.4, 0.5) is 0 Å². The van der Waals surface area contributed by atoms with E-state index in [9.17, 15) is 4.79 Å². The molecule has 9 heteroatoms. The van der Waals surface area contributed by atoms with Crippen LogP contribution in [-0.2, 0) is 4.74 Å². The Morgan fingerprint density at radius 3 is 2.65 bits per heavy atom. The molecule has 0 atom stereocenters. The van der Waals surface area contributed by atoms with Crippen molar-refractivity contribution in [2.75, 3.05) is 26.3 Å². The van der Waals surface area contributed by atoms with E-state index in [1.54, 1.807) is 17.0 Å². The van der Waals surface area contributed by atoms with Crippen LogP contribution in [0.5, 0.6) is 0 Å². The van der Waals surface area contributed by atoms with Crippen LogP contribution in [0.25, 0.3) is 15.5 Å². The van der Waals surface area contributed by atoms with E-state index in [0.29, 0.717) is 36.3 Å². The third kappa shape index (κ3) is 2.69. The quantitative estimate of drug-likeness (QED) is 0.707. The first-order chi connectivity index (χ1) is 11.2. The number of carbonyl (C=O) groups is 1. The average molecular weight is 350 g/mol. The van der Waals surface area contributed by atoms with Crippen LogP contribution < -0.4 is 0 Å². The van der Waals surface area contributed by atoms with Crippen LogP contribution >= 0.6 is 22.9 Å². The topological polar surface area (TPSA) is 72.6 Å². The summed E-state index contributed by atoms with van der Waals surface area (Å²) in [4.78, 5) is 14.9. The summed E-state index contributed by atoms with van der Waals surface area (Å²) < 4.78 is 6.77. The lowest BCUT2D eigenvalue weighted by molar-refractivity contribution is 0.0293. The van der Waals surface area contributed by atoms with Crippen molar-refractivity contribution in [1.82, 2.24) is 24.7 Å². The lowest BCUT2D eigenvalue weighted by atomic mass is 10.2. The largest absolute Gasteiger partial charge is 0.378 e. The molecular weight excluding hydrogens is 338 g/mol. The summed E-state index contributed by atoms with van der Waals surface area (Å²) >= 11 is 7.29. The van der Waals surface area contributed by atoms with Crippen LogP contribution in [0.15, 0.2) is 24.3 Å². The van der Waals surface area contributed by atoms with Crippen molar-refractivity contribution in [3.8, 4) is 10.6 Å². The summed E-state index contributed by atoms with van der Waals surface area (Å²) in [7, 11) is 0. The van der Waals surface area contributed by atoms with E-state index in [0.717, 1.165) is 10.6 Å². The minimum atomic E-state index is -0.172. The van der Waals surface area contributed by atoms with E-state index in [-0.39, 0.29) is 11.7 Å². The maximum atomic E-state index is 12.6. The van der Waals surface area contributed by atoms with Gasteiger partial charge in [-0.05, 0) is 12.1 Å². The zero-order valence-corrected chi connectivity index (χ0v) is 13.5. The number of hydrogen-bond donors (Lipinski definition) is 0. The van der Waals surface area contributed by atoms with Crippen molar-refractivity contribution in [2.45, 2.75) is 0 Å². The Morgan fingerprint density at radius 2 is 1.91 bits per heavy atom. The average Bonchev–Trinajstić information content (AvgIpc) is 3.16. The molecule has 0 spiro atoms. The molecule has 1 amide bonds.